The lowest BCUT2D eigenvalue weighted by molar-refractivity contribution is 0.0684. The molecule has 0 fully saturated rings. The highest BCUT2D eigenvalue weighted by Crippen LogP contribution is 2.19. The molecule has 25 heavy (non-hydrogen) atoms. The summed E-state index contributed by atoms with van der Waals surface area (Å²) in [4.78, 5) is 11.6. The number of hydrogen-bond donors (Lipinski definition) is 1. The van der Waals surface area contributed by atoms with Crippen molar-refractivity contribution in [1.29, 1.82) is 0 Å². The van der Waals surface area contributed by atoms with Gasteiger partial charge in [0.15, 0.2) is 5.69 Å². The SMILES string of the molecule is Cc1cccc(C)c1Cn1nc(OCc2ccccc2)cc1C(=O)O. The Morgan fingerprint density at radius 2 is 1.76 bits per heavy atom. The molecule has 3 rings (SSSR count). The second-order valence-electron chi connectivity index (χ2n) is 5.98. The van der Waals surface area contributed by atoms with Crippen molar-refractivity contribution in [3.8, 4) is 5.88 Å². The van der Waals surface area contributed by atoms with Gasteiger partial charge in [0, 0.05) is 6.07 Å². The van der Waals surface area contributed by atoms with Gasteiger partial charge in [-0.25, -0.2) is 9.48 Å². The molecule has 0 aliphatic carbocycles. The minimum absolute atomic E-state index is 0.116. The molecule has 0 saturated heterocycles. The molecule has 0 aliphatic heterocycles. The second-order valence-corrected chi connectivity index (χ2v) is 5.98. The summed E-state index contributed by atoms with van der Waals surface area (Å²) >= 11 is 0. The Hall–Kier alpha value is -3.08. The van der Waals surface area contributed by atoms with Gasteiger partial charge >= 0.3 is 5.97 Å². The molecule has 0 aliphatic rings. The van der Waals surface area contributed by atoms with Crippen molar-refractivity contribution in [2.24, 2.45) is 0 Å². The highest BCUT2D eigenvalue weighted by molar-refractivity contribution is 5.86. The molecule has 1 aromatic heterocycles. The predicted molar refractivity (Wildman–Crippen MR) is 95.0 cm³/mol. The van der Waals surface area contributed by atoms with Gasteiger partial charge < -0.3 is 9.84 Å². The summed E-state index contributed by atoms with van der Waals surface area (Å²) in [5.74, 6) is -0.708. The van der Waals surface area contributed by atoms with E-state index in [4.69, 9.17) is 4.74 Å². The van der Waals surface area contributed by atoms with Crippen LogP contribution in [0, 0.1) is 13.8 Å². The molecule has 128 valence electrons. The molecule has 0 spiro atoms. The van der Waals surface area contributed by atoms with Gasteiger partial charge in [-0.05, 0) is 36.1 Å². The fraction of sp³-hybridized carbons (Fsp3) is 0.200. The van der Waals surface area contributed by atoms with Gasteiger partial charge in [-0.15, -0.1) is 5.10 Å². The Labute approximate surface area is 146 Å². The van der Waals surface area contributed by atoms with Crippen LogP contribution in [-0.4, -0.2) is 20.9 Å². The van der Waals surface area contributed by atoms with Crippen LogP contribution in [0.15, 0.2) is 54.6 Å². The van der Waals surface area contributed by atoms with Crippen LogP contribution in [0.25, 0.3) is 0 Å². The van der Waals surface area contributed by atoms with Crippen LogP contribution >= 0.6 is 0 Å². The Kier molecular flexibility index (Phi) is 4.84. The number of aromatic nitrogens is 2. The van der Waals surface area contributed by atoms with Crippen molar-refractivity contribution in [2.45, 2.75) is 27.0 Å². The average Bonchev–Trinajstić information content (AvgIpc) is 3.01. The molecule has 3 aromatic rings. The van der Waals surface area contributed by atoms with Crippen molar-refractivity contribution in [2.75, 3.05) is 0 Å². The van der Waals surface area contributed by atoms with E-state index in [0.29, 0.717) is 19.0 Å². The van der Waals surface area contributed by atoms with Gasteiger partial charge in [0.05, 0.1) is 6.54 Å². The molecule has 0 unspecified atom stereocenters. The van der Waals surface area contributed by atoms with Crippen molar-refractivity contribution in [3.05, 3.63) is 82.5 Å². The van der Waals surface area contributed by atoms with Crippen LogP contribution in [-0.2, 0) is 13.2 Å². The van der Waals surface area contributed by atoms with Gasteiger partial charge in [-0.1, -0.05) is 48.5 Å². The summed E-state index contributed by atoms with van der Waals surface area (Å²) < 4.78 is 7.15. The summed E-state index contributed by atoms with van der Waals surface area (Å²) in [7, 11) is 0. The topological polar surface area (TPSA) is 64.4 Å². The monoisotopic (exact) mass is 336 g/mol. The van der Waals surface area contributed by atoms with Gasteiger partial charge in [0.1, 0.15) is 6.61 Å². The van der Waals surface area contributed by atoms with E-state index < -0.39 is 5.97 Å². The van der Waals surface area contributed by atoms with Crippen molar-refractivity contribution in [3.63, 3.8) is 0 Å². The lowest BCUT2D eigenvalue weighted by Gasteiger charge is -2.11. The van der Waals surface area contributed by atoms with Crippen LogP contribution < -0.4 is 4.74 Å². The fourth-order valence-corrected chi connectivity index (χ4v) is 2.74. The third kappa shape index (κ3) is 3.88. The predicted octanol–water partition coefficient (Wildman–Crippen LogP) is 3.83. The largest absolute Gasteiger partial charge is 0.477 e. The van der Waals surface area contributed by atoms with Crippen LogP contribution in [0.1, 0.15) is 32.7 Å². The van der Waals surface area contributed by atoms with Crippen LogP contribution in [0.2, 0.25) is 0 Å². The maximum atomic E-state index is 11.6. The summed E-state index contributed by atoms with van der Waals surface area (Å²) in [6.45, 7) is 4.77. The van der Waals surface area contributed by atoms with Gasteiger partial charge in [-0.3, -0.25) is 0 Å². The molecule has 5 nitrogen and oxygen atoms in total. The van der Waals surface area contributed by atoms with E-state index in [2.05, 4.69) is 5.10 Å². The first-order valence-electron chi connectivity index (χ1n) is 8.07. The molecule has 0 atom stereocenters. The number of nitrogens with zero attached hydrogens (tertiary/aromatic N) is 2. The molecule has 1 heterocycles. The Bertz CT molecular complexity index is 865. The summed E-state index contributed by atoms with van der Waals surface area (Å²) in [5.41, 5.74) is 4.41. The first-order chi connectivity index (χ1) is 12.0. The first-order valence-corrected chi connectivity index (χ1v) is 8.07. The van der Waals surface area contributed by atoms with Crippen LogP contribution in [0.5, 0.6) is 5.88 Å². The van der Waals surface area contributed by atoms with E-state index in [1.807, 2.05) is 62.4 Å². The molecule has 0 saturated carbocycles. The number of carbonyl (C=O) groups is 1. The smallest absolute Gasteiger partial charge is 0.354 e. The number of benzene rings is 2. The van der Waals surface area contributed by atoms with Crippen molar-refractivity contribution in [1.82, 2.24) is 9.78 Å². The highest BCUT2D eigenvalue weighted by atomic mass is 16.5. The van der Waals surface area contributed by atoms with Gasteiger partial charge in [0.25, 0.3) is 0 Å². The van der Waals surface area contributed by atoms with E-state index in [1.54, 1.807) is 0 Å². The lowest BCUT2D eigenvalue weighted by atomic mass is 10.0. The van der Waals surface area contributed by atoms with E-state index in [0.717, 1.165) is 22.3 Å². The molecule has 5 heteroatoms. The molecule has 2 aromatic carbocycles. The number of hydrogen-bond acceptors (Lipinski definition) is 3. The Morgan fingerprint density at radius 3 is 2.40 bits per heavy atom. The zero-order valence-corrected chi connectivity index (χ0v) is 14.3. The number of aromatic carboxylic acids is 1. The number of carboxylic acids is 1. The Morgan fingerprint density at radius 1 is 1.08 bits per heavy atom. The van der Waals surface area contributed by atoms with Crippen molar-refractivity contribution >= 4 is 5.97 Å². The third-order valence-electron chi connectivity index (χ3n) is 4.16. The van der Waals surface area contributed by atoms with Crippen molar-refractivity contribution < 1.29 is 14.6 Å². The molecular weight excluding hydrogens is 316 g/mol. The number of aryl methyl sites for hydroxylation is 2. The molecule has 0 radical (unpaired) electrons. The summed E-state index contributed by atoms with van der Waals surface area (Å²) in [6, 6.07) is 17.2. The van der Waals surface area contributed by atoms with E-state index in [9.17, 15) is 9.90 Å². The number of ether oxygens (including phenoxy) is 1. The number of rotatable bonds is 6. The molecular formula is C20H20N2O3. The molecule has 0 bridgehead atoms. The maximum absolute atomic E-state index is 11.6. The quantitative estimate of drug-likeness (QED) is 0.743. The normalized spacial score (nSPS) is 10.6. The zero-order valence-electron chi connectivity index (χ0n) is 14.3. The Balaban J connectivity index is 1.84. The van der Waals surface area contributed by atoms with Gasteiger partial charge in [-0.2, -0.15) is 0 Å². The minimum Gasteiger partial charge on any atom is -0.477 e. The van der Waals surface area contributed by atoms with E-state index >= 15 is 0 Å². The standard InChI is InChI=1S/C20H20N2O3/c1-14-7-6-8-15(2)17(14)12-22-18(20(23)24)11-19(21-22)25-13-16-9-4-3-5-10-16/h3-11H,12-13H2,1-2H3,(H,23,24). The van der Waals surface area contributed by atoms with Crippen LogP contribution in [0.4, 0.5) is 0 Å². The summed E-state index contributed by atoms with van der Waals surface area (Å²) in [5, 5.41) is 13.8. The second kappa shape index (κ2) is 7.21. The molecule has 1 N–H and O–H groups in total. The zero-order chi connectivity index (χ0) is 17.8. The minimum atomic E-state index is -1.02. The summed E-state index contributed by atoms with van der Waals surface area (Å²) in [6.07, 6.45) is 0. The first kappa shape index (κ1) is 16.8. The highest BCUT2D eigenvalue weighted by Gasteiger charge is 2.17. The van der Waals surface area contributed by atoms with Crippen LogP contribution in [0.3, 0.4) is 0 Å². The molecule has 0 amide bonds. The number of carboxylic acid groups (broad SMARTS) is 1. The maximum Gasteiger partial charge on any atom is 0.354 e. The lowest BCUT2D eigenvalue weighted by Crippen LogP contribution is -2.12. The van der Waals surface area contributed by atoms with E-state index in [1.165, 1.54) is 10.7 Å². The fourth-order valence-electron chi connectivity index (χ4n) is 2.74. The van der Waals surface area contributed by atoms with Gasteiger partial charge in [0.2, 0.25) is 5.88 Å². The third-order valence-corrected chi connectivity index (χ3v) is 4.16. The average molecular weight is 336 g/mol. The van der Waals surface area contributed by atoms with E-state index in [-0.39, 0.29) is 5.69 Å².